The minimum absolute atomic E-state index is 0.0339. The van der Waals surface area contributed by atoms with Crippen molar-refractivity contribution >= 4 is 5.91 Å². The zero-order valence-corrected chi connectivity index (χ0v) is 15.2. The number of likely N-dealkylation sites (tertiary alicyclic amines) is 1. The van der Waals surface area contributed by atoms with Crippen LogP contribution in [0.2, 0.25) is 0 Å². The summed E-state index contributed by atoms with van der Waals surface area (Å²) >= 11 is 0. The molecule has 2 aromatic carbocycles. The summed E-state index contributed by atoms with van der Waals surface area (Å²) in [5, 5.41) is 4.02. The Labute approximate surface area is 160 Å². The zero-order chi connectivity index (χ0) is 19.5. The van der Waals surface area contributed by atoms with Crippen molar-refractivity contribution in [2.45, 2.75) is 5.92 Å². The maximum Gasteiger partial charge on any atom is 0.260 e. The van der Waals surface area contributed by atoms with Crippen LogP contribution in [-0.2, 0) is 4.79 Å². The number of halogens is 1. The molecule has 0 saturated carbocycles. The number of carbonyl (C=O) groups is 1. The molecule has 7 nitrogen and oxygen atoms in total. The van der Waals surface area contributed by atoms with E-state index in [4.69, 9.17) is 14.0 Å². The van der Waals surface area contributed by atoms with Crippen LogP contribution < -0.4 is 9.47 Å². The van der Waals surface area contributed by atoms with E-state index in [0.29, 0.717) is 30.6 Å². The molecule has 8 heteroatoms. The molecule has 2 heterocycles. The third-order valence-electron chi connectivity index (χ3n) is 4.56. The standard InChI is InChI=1S/C20H18FN3O4/c1-26-16-8-4-2-6-14(16)19-22-20(28-23-19)13-10-24(11-13)18(25)12-27-17-9-5-3-7-15(17)21/h2-9,13H,10-12H2,1H3. The van der Waals surface area contributed by atoms with E-state index in [-0.39, 0.29) is 24.2 Å². The molecule has 0 bridgehead atoms. The maximum atomic E-state index is 13.5. The lowest BCUT2D eigenvalue weighted by atomic mass is 10.0. The average molecular weight is 383 g/mol. The van der Waals surface area contributed by atoms with Crippen LogP contribution in [0.5, 0.6) is 11.5 Å². The highest BCUT2D eigenvalue weighted by Crippen LogP contribution is 2.31. The smallest absolute Gasteiger partial charge is 0.260 e. The van der Waals surface area contributed by atoms with E-state index in [2.05, 4.69) is 10.1 Å². The van der Waals surface area contributed by atoms with Gasteiger partial charge in [0.05, 0.1) is 18.6 Å². The van der Waals surface area contributed by atoms with Crippen LogP contribution in [0.3, 0.4) is 0 Å². The van der Waals surface area contributed by atoms with Gasteiger partial charge in [0.1, 0.15) is 5.75 Å². The van der Waals surface area contributed by atoms with Crippen LogP contribution in [0.1, 0.15) is 11.8 Å². The zero-order valence-electron chi connectivity index (χ0n) is 15.2. The Morgan fingerprint density at radius 3 is 2.64 bits per heavy atom. The summed E-state index contributed by atoms with van der Waals surface area (Å²) in [6, 6.07) is 13.4. The Bertz CT molecular complexity index is 985. The first-order chi connectivity index (χ1) is 13.7. The molecule has 1 amide bonds. The molecule has 1 saturated heterocycles. The molecule has 0 atom stereocenters. The van der Waals surface area contributed by atoms with Gasteiger partial charge < -0.3 is 18.9 Å². The third kappa shape index (κ3) is 3.53. The fraction of sp³-hybridized carbons (Fsp3) is 0.250. The maximum absolute atomic E-state index is 13.5. The number of hydrogen-bond acceptors (Lipinski definition) is 6. The number of amides is 1. The van der Waals surface area contributed by atoms with Gasteiger partial charge in [-0.1, -0.05) is 29.4 Å². The number of benzene rings is 2. The number of aromatic nitrogens is 2. The Morgan fingerprint density at radius 1 is 1.18 bits per heavy atom. The fourth-order valence-electron chi connectivity index (χ4n) is 2.97. The minimum Gasteiger partial charge on any atom is -0.496 e. The van der Waals surface area contributed by atoms with E-state index in [1.165, 1.54) is 12.1 Å². The topological polar surface area (TPSA) is 77.7 Å². The van der Waals surface area contributed by atoms with E-state index in [1.807, 2.05) is 24.3 Å². The highest BCUT2D eigenvalue weighted by molar-refractivity contribution is 5.78. The highest BCUT2D eigenvalue weighted by Gasteiger charge is 2.36. The molecule has 144 valence electrons. The number of carbonyl (C=O) groups excluding carboxylic acids is 1. The summed E-state index contributed by atoms with van der Waals surface area (Å²) in [5.74, 6) is 0.890. The fourth-order valence-corrected chi connectivity index (χ4v) is 2.97. The van der Waals surface area contributed by atoms with Crippen molar-refractivity contribution in [2.24, 2.45) is 0 Å². The van der Waals surface area contributed by atoms with Crippen molar-refractivity contribution in [2.75, 3.05) is 26.8 Å². The molecule has 1 aliphatic heterocycles. The van der Waals surface area contributed by atoms with Crippen molar-refractivity contribution in [1.29, 1.82) is 0 Å². The molecule has 1 aromatic heterocycles. The Hall–Kier alpha value is -3.42. The van der Waals surface area contributed by atoms with Gasteiger partial charge in [0.2, 0.25) is 11.7 Å². The van der Waals surface area contributed by atoms with Crippen molar-refractivity contribution in [3.8, 4) is 22.9 Å². The Morgan fingerprint density at radius 2 is 1.89 bits per heavy atom. The lowest BCUT2D eigenvalue weighted by Gasteiger charge is -2.36. The number of hydrogen-bond donors (Lipinski definition) is 0. The van der Waals surface area contributed by atoms with E-state index in [1.54, 1.807) is 24.1 Å². The van der Waals surface area contributed by atoms with E-state index in [9.17, 15) is 9.18 Å². The highest BCUT2D eigenvalue weighted by atomic mass is 19.1. The first kappa shape index (κ1) is 18.0. The molecule has 1 fully saturated rings. The van der Waals surface area contributed by atoms with Crippen LogP contribution in [0.15, 0.2) is 53.1 Å². The van der Waals surface area contributed by atoms with Gasteiger partial charge in [0.25, 0.3) is 5.91 Å². The van der Waals surface area contributed by atoms with Gasteiger partial charge in [-0.05, 0) is 24.3 Å². The van der Waals surface area contributed by atoms with Crippen molar-refractivity contribution < 1.29 is 23.2 Å². The SMILES string of the molecule is COc1ccccc1-c1noc(C2CN(C(=O)COc3ccccc3F)C2)n1. The first-order valence-corrected chi connectivity index (χ1v) is 8.78. The van der Waals surface area contributed by atoms with Gasteiger partial charge in [-0.2, -0.15) is 4.98 Å². The summed E-state index contributed by atoms with van der Waals surface area (Å²) in [6.07, 6.45) is 0. The van der Waals surface area contributed by atoms with Gasteiger partial charge >= 0.3 is 0 Å². The average Bonchev–Trinajstić information content (AvgIpc) is 3.15. The van der Waals surface area contributed by atoms with Gasteiger partial charge in [0, 0.05) is 13.1 Å². The van der Waals surface area contributed by atoms with Gasteiger partial charge in [-0.15, -0.1) is 0 Å². The van der Waals surface area contributed by atoms with Crippen molar-refractivity contribution in [3.63, 3.8) is 0 Å². The van der Waals surface area contributed by atoms with E-state index < -0.39 is 5.82 Å². The van der Waals surface area contributed by atoms with Gasteiger partial charge in [-0.25, -0.2) is 4.39 Å². The quantitative estimate of drug-likeness (QED) is 0.651. The molecule has 0 N–H and O–H groups in total. The second-order valence-corrected chi connectivity index (χ2v) is 6.37. The molecule has 0 aliphatic carbocycles. The van der Waals surface area contributed by atoms with Crippen molar-refractivity contribution in [1.82, 2.24) is 15.0 Å². The monoisotopic (exact) mass is 383 g/mol. The number of ether oxygens (including phenoxy) is 2. The minimum atomic E-state index is -0.494. The molecule has 4 rings (SSSR count). The van der Waals surface area contributed by atoms with E-state index in [0.717, 1.165) is 5.56 Å². The summed E-state index contributed by atoms with van der Waals surface area (Å²) in [6.45, 7) is 0.685. The molecular weight excluding hydrogens is 365 g/mol. The normalized spacial score (nSPS) is 13.9. The first-order valence-electron chi connectivity index (χ1n) is 8.78. The third-order valence-corrected chi connectivity index (χ3v) is 4.56. The lowest BCUT2D eigenvalue weighted by molar-refractivity contribution is -0.138. The second kappa shape index (κ2) is 7.67. The summed E-state index contributed by atoms with van der Waals surface area (Å²) in [4.78, 5) is 18.2. The summed E-state index contributed by atoms with van der Waals surface area (Å²) < 4.78 is 29.5. The van der Waals surface area contributed by atoms with Crippen molar-refractivity contribution in [3.05, 3.63) is 60.2 Å². The predicted octanol–water partition coefficient (Wildman–Crippen LogP) is 2.89. The molecule has 0 radical (unpaired) electrons. The summed E-state index contributed by atoms with van der Waals surface area (Å²) in [7, 11) is 1.58. The molecule has 3 aromatic rings. The number of para-hydroxylation sites is 2. The van der Waals surface area contributed by atoms with Gasteiger partial charge in [-0.3, -0.25) is 4.79 Å². The van der Waals surface area contributed by atoms with Crippen LogP contribution in [0.4, 0.5) is 4.39 Å². The lowest BCUT2D eigenvalue weighted by Crippen LogP contribution is -2.50. The van der Waals surface area contributed by atoms with Crippen LogP contribution in [0.25, 0.3) is 11.4 Å². The molecule has 0 unspecified atom stereocenters. The molecular formula is C20H18FN3O4. The second-order valence-electron chi connectivity index (χ2n) is 6.37. The van der Waals surface area contributed by atoms with E-state index >= 15 is 0 Å². The van der Waals surface area contributed by atoms with Crippen LogP contribution in [-0.4, -0.2) is 47.8 Å². The predicted molar refractivity (Wildman–Crippen MR) is 97.5 cm³/mol. The van der Waals surface area contributed by atoms with Crippen LogP contribution >= 0.6 is 0 Å². The molecule has 28 heavy (non-hydrogen) atoms. The number of nitrogens with zero attached hydrogens (tertiary/aromatic N) is 3. The molecule has 0 spiro atoms. The van der Waals surface area contributed by atoms with Crippen LogP contribution in [0, 0.1) is 5.82 Å². The number of methoxy groups -OCH3 is 1. The Kier molecular flexibility index (Phi) is 4.92. The molecule has 1 aliphatic rings. The Balaban J connectivity index is 1.33. The van der Waals surface area contributed by atoms with Gasteiger partial charge in [0.15, 0.2) is 18.2 Å². The number of rotatable bonds is 6. The largest absolute Gasteiger partial charge is 0.496 e. The summed E-state index contributed by atoms with van der Waals surface area (Å²) in [5.41, 5.74) is 0.741.